The van der Waals surface area contributed by atoms with Crippen LogP contribution in [0.4, 0.5) is 10.1 Å². The molecular formula is C14H23FNO3P. The summed E-state index contributed by atoms with van der Waals surface area (Å²) in [5.74, 6) is 0.0369. The van der Waals surface area contributed by atoms with Gasteiger partial charge in [0.05, 0.1) is 13.2 Å². The van der Waals surface area contributed by atoms with E-state index in [1.54, 1.807) is 6.07 Å². The molecule has 0 aliphatic heterocycles. The van der Waals surface area contributed by atoms with Gasteiger partial charge in [-0.2, -0.15) is 0 Å². The molecule has 0 saturated heterocycles. The molecule has 0 heterocycles. The number of hydrogen-bond donors (Lipinski definition) is 1. The van der Waals surface area contributed by atoms with Crippen LogP contribution in [0.15, 0.2) is 24.3 Å². The first-order chi connectivity index (χ1) is 9.31. The second kappa shape index (κ2) is 7.77. The molecule has 1 aromatic carbocycles. The molecule has 20 heavy (non-hydrogen) atoms. The van der Waals surface area contributed by atoms with Crippen molar-refractivity contribution in [1.82, 2.24) is 0 Å². The largest absolute Gasteiger partial charge is 0.432 e. The molecule has 0 atom stereocenters. The smallest absolute Gasteiger partial charge is 0.293 e. The van der Waals surface area contributed by atoms with Gasteiger partial charge in [0.1, 0.15) is 5.82 Å². The quantitative estimate of drug-likeness (QED) is 0.708. The summed E-state index contributed by atoms with van der Waals surface area (Å²) in [4.78, 5) is 0. The van der Waals surface area contributed by atoms with Gasteiger partial charge in [-0.05, 0) is 30.0 Å². The summed E-state index contributed by atoms with van der Waals surface area (Å²) in [5.41, 5.74) is 0.376. The molecule has 6 heteroatoms. The van der Waals surface area contributed by atoms with E-state index in [1.165, 1.54) is 18.2 Å². The van der Waals surface area contributed by atoms with E-state index in [9.17, 15) is 8.96 Å². The van der Waals surface area contributed by atoms with Crippen LogP contribution in [0.5, 0.6) is 0 Å². The normalized spacial score (nSPS) is 12.2. The maximum absolute atomic E-state index is 13.2. The van der Waals surface area contributed by atoms with Gasteiger partial charge in [-0.1, -0.05) is 33.8 Å². The number of halogens is 1. The van der Waals surface area contributed by atoms with E-state index in [-0.39, 0.29) is 11.8 Å². The summed E-state index contributed by atoms with van der Waals surface area (Å²) in [6.07, 6.45) is 0. The molecule has 1 aromatic rings. The van der Waals surface area contributed by atoms with Gasteiger partial charge in [0.15, 0.2) is 0 Å². The maximum atomic E-state index is 13.2. The molecule has 0 aliphatic carbocycles. The van der Waals surface area contributed by atoms with Crippen molar-refractivity contribution in [3.05, 3.63) is 30.1 Å². The number of anilines is 1. The summed E-state index contributed by atoms with van der Waals surface area (Å²) in [6.45, 7) is 8.42. The van der Waals surface area contributed by atoms with Gasteiger partial charge in [-0.15, -0.1) is 0 Å². The zero-order valence-corrected chi connectivity index (χ0v) is 13.3. The van der Waals surface area contributed by atoms with Gasteiger partial charge >= 0.3 is 7.75 Å². The summed E-state index contributed by atoms with van der Waals surface area (Å²) >= 11 is 0. The van der Waals surface area contributed by atoms with Gasteiger partial charge in [-0.25, -0.2) is 8.96 Å². The number of nitrogens with one attached hydrogen (secondary N) is 1. The van der Waals surface area contributed by atoms with E-state index in [1.807, 2.05) is 27.7 Å². The molecule has 1 N–H and O–H groups in total. The second-order valence-electron chi connectivity index (χ2n) is 5.50. The molecule has 0 aromatic heterocycles. The Balaban J connectivity index is 2.78. The van der Waals surface area contributed by atoms with Crippen LogP contribution in [0.3, 0.4) is 0 Å². The summed E-state index contributed by atoms with van der Waals surface area (Å²) in [5, 5.41) is 2.68. The third-order valence-corrected chi connectivity index (χ3v) is 3.76. The molecule has 114 valence electrons. The zero-order chi connectivity index (χ0) is 15.2. The fraction of sp³-hybridized carbons (Fsp3) is 0.571. The van der Waals surface area contributed by atoms with Crippen LogP contribution in [0.25, 0.3) is 0 Å². The van der Waals surface area contributed by atoms with Crippen molar-refractivity contribution < 1.29 is 18.0 Å². The Bertz CT molecular complexity index is 449. The first kappa shape index (κ1) is 17.2. The third-order valence-electron chi connectivity index (χ3n) is 2.25. The van der Waals surface area contributed by atoms with E-state index in [0.29, 0.717) is 18.9 Å². The first-order valence-electron chi connectivity index (χ1n) is 6.73. The number of rotatable bonds is 8. The molecule has 0 fully saturated rings. The predicted octanol–water partition coefficient (Wildman–Crippen LogP) is 4.69. The van der Waals surface area contributed by atoms with Gasteiger partial charge in [0.25, 0.3) is 0 Å². The highest BCUT2D eigenvalue weighted by Gasteiger charge is 2.26. The highest BCUT2D eigenvalue weighted by Crippen LogP contribution is 2.48. The van der Waals surface area contributed by atoms with Gasteiger partial charge in [0, 0.05) is 5.69 Å². The molecule has 0 radical (unpaired) electrons. The SMILES string of the molecule is CC(C)COP(=O)(Nc1cccc(F)c1)OCC(C)C. The van der Waals surface area contributed by atoms with Crippen molar-refractivity contribution >= 4 is 13.4 Å². The van der Waals surface area contributed by atoms with Gasteiger partial charge in [0.2, 0.25) is 0 Å². The molecular weight excluding hydrogens is 280 g/mol. The van der Waals surface area contributed by atoms with E-state index in [4.69, 9.17) is 9.05 Å². The topological polar surface area (TPSA) is 47.6 Å². The molecule has 0 amide bonds. The second-order valence-corrected chi connectivity index (χ2v) is 7.23. The molecule has 4 nitrogen and oxygen atoms in total. The van der Waals surface area contributed by atoms with Crippen molar-refractivity contribution in [3.8, 4) is 0 Å². The Morgan fingerprint density at radius 1 is 1.15 bits per heavy atom. The van der Waals surface area contributed by atoms with Crippen LogP contribution in [-0.2, 0) is 13.6 Å². The van der Waals surface area contributed by atoms with E-state index in [0.717, 1.165) is 0 Å². The fourth-order valence-corrected chi connectivity index (χ4v) is 2.96. The predicted molar refractivity (Wildman–Crippen MR) is 79.2 cm³/mol. The molecule has 0 unspecified atom stereocenters. The van der Waals surface area contributed by atoms with E-state index < -0.39 is 13.6 Å². The molecule has 1 rings (SSSR count). The minimum absolute atomic E-state index is 0.222. The third kappa shape index (κ3) is 6.51. The van der Waals surface area contributed by atoms with Crippen LogP contribution in [0.2, 0.25) is 0 Å². The van der Waals surface area contributed by atoms with Crippen LogP contribution >= 0.6 is 7.75 Å². The average molecular weight is 303 g/mol. The Morgan fingerprint density at radius 3 is 2.15 bits per heavy atom. The van der Waals surface area contributed by atoms with Gasteiger partial charge < -0.3 is 0 Å². The van der Waals surface area contributed by atoms with E-state index >= 15 is 0 Å². The molecule has 0 spiro atoms. The lowest BCUT2D eigenvalue weighted by atomic mass is 10.2. The Labute approximate surface area is 120 Å². The van der Waals surface area contributed by atoms with Crippen molar-refractivity contribution in [2.75, 3.05) is 18.3 Å². The van der Waals surface area contributed by atoms with E-state index in [2.05, 4.69) is 5.09 Å². The molecule has 0 aliphatic rings. The fourth-order valence-electron chi connectivity index (χ4n) is 1.31. The lowest BCUT2D eigenvalue weighted by Gasteiger charge is -2.22. The van der Waals surface area contributed by atoms with Crippen molar-refractivity contribution in [2.45, 2.75) is 27.7 Å². The Hall–Kier alpha value is -0.900. The Morgan fingerprint density at radius 2 is 1.70 bits per heavy atom. The maximum Gasteiger partial charge on any atom is 0.432 e. The minimum Gasteiger partial charge on any atom is -0.293 e. The van der Waals surface area contributed by atoms with Crippen molar-refractivity contribution in [2.24, 2.45) is 11.8 Å². The highest BCUT2D eigenvalue weighted by molar-refractivity contribution is 7.55. The Kier molecular flexibility index (Phi) is 6.66. The average Bonchev–Trinajstić information content (AvgIpc) is 2.34. The summed E-state index contributed by atoms with van der Waals surface area (Å²) in [7, 11) is -3.49. The standard InChI is InChI=1S/C14H23FNO3P/c1-11(2)9-18-20(17,19-10-12(3)4)16-14-7-5-6-13(15)8-14/h5-8,11-12H,9-10H2,1-4H3,(H,16,17). The van der Waals surface area contributed by atoms with Crippen molar-refractivity contribution in [3.63, 3.8) is 0 Å². The lowest BCUT2D eigenvalue weighted by molar-refractivity contribution is 0.177. The number of hydrogen-bond acceptors (Lipinski definition) is 3. The van der Waals surface area contributed by atoms with Crippen LogP contribution in [-0.4, -0.2) is 13.2 Å². The molecule has 0 bridgehead atoms. The summed E-state index contributed by atoms with van der Waals surface area (Å²) in [6, 6.07) is 5.73. The van der Waals surface area contributed by atoms with Gasteiger partial charge in [-0.3, -0.25) is 14.1 Å². The summed E-state index contributed by atoms with van der Waals surface area (Å²) < 4.78 is 36.6. The zero-order valence-electron chi connectivity index (χ0n) is 12.4. The minimum atomic E-state index is -3.49. The monoisotopic (exact) mass is 303 g/mol. The van der Waals surface area contributed by atoms with Crippen LogP contribution < -0.4 is 5.09 Å². The van der Waals surface area contributed by atoms with Crippen LogP contribution in [0, 0.1) is 17.7 Å². The van der Waals surface area contributed by atoms with Crippen LogP contribution in [0.1, 0.15) is 27.7 Å². The molecule has 0 saturated carbocycles. The lowest BCUT2D eigenvalue weighted by Crippen LogP contribution is -2.11. The highest BCUT2D eigenvalue weighted by atomic mass is 31.2. The number of benzene rings is 1. The van der Waals surface area contributed by atoms with Crippen molar-refractivity contribution in [1.29, 1.82) is 0 Å². The first-order valence-corrected chi connectivity index (χ1v) is 8.28.